The largest absolute Gasteiger partial charge is 0.384 e. The second kappa shape index (κ2) is 9.40. The topological polar surface area (TPSA) is 85.0 Å². The van der Waals surface area contributed by atoms with Gasteiger partial charge in [-0.3, -0.25) is 9.13 Å². The van der Waals surface area contributed by atoms with Gasteiger partial charge in [-0.05, 0) is 51.0 Å². The number of aryl methyl sites for hydroxylation is 2. The molecule has 0 atom stereocenters. The van der Waals surface area contributed by atoms with Gasteiger partial charge in [0, 0.05) is 19.0 Å². The second-order valence-electron chi connectivity index (χ2n) is 9.41. The molecule has 2 heterocycles. The average Bonchev–Trinajstić information content (AvgIpc) is 3.02. The van der Waals surface area contributed by atoms with Crippen molar-refractivity contribution >= 4 is 27.8 Å². The number of rotatable bonds is 8. The zero-order valence-corrected chi connectivity index (χ0v) is 20.6. The number of aliphatic hydroxyl groups is 1. The quantitative estimate of drug-likeness (QED) is 0.332. The molecule has 4 rings (SSSR count). The lowest BCUT2D eigenvalue weighted by Gasteiger charge is -2.29. The summed E-state index contributed by atoms with van der Waals surface area (Å²) in [5.74, 6) is -4.20. The number of fused-ring (bicyclic) bond motifs is 2. The van der Waals surface area contributed by atoms with Crippen molar-refractivity contribution in [3.05, 3.63) is 63.6 Å². The van der Waals surface area contributed by atoms with E-state index >= 15 is 0 Å². The number of hydrogen-bond donors (Lipinski definition) is 2. The molecule has 0 spiro atoms. The molecule has 0 aliphatic rings. The molecule has 198 valence electrons. The van der Waals surface area contributed by atoms with Crippen molar-refractivity contribution in [2.75, 3.05) is 11.9 Å². The summed E-state index contributed by atoms with van der Waals surface area (Å²) >= 11 is 0. The Kier molecular flexibility index (Phi) is 6.74. The summed E-state index contributed by atoms with van der Waals surface area (Å²) in [6, 6.07) is 6.76. The number of benzene rings is 2. The van der Waals surface area contributed by atoms with Crippen molar-refractivity contribution in [1.29, 1.82) is 0 Å². The van der Waals surface area contributed by atoms with Crippen LogP contribution in [-0.2, 0) is 25.9 Å². The van der Waals surface area contributed by atoms with Crippen LogP contribution in [0.1, 0.15) is 30.8 Å². The lowest BCUT2D eigenvalue weighted by Crippen LogP contribution is -2.41. The van der Waals surface area contributed by atoms with E-state index in [1.54, 1.807) is 19.1 Å². The number of nitrogens with zero attached hydrogens (tertiary/aromatic N) is 4. The molecule has 0 aliphatic carbocycles. The Bertz CT molecular complexity index is 1540. The van der Waals surface area contributed by atoms with Crippen molar-refractivity contribution in [3.8, 4) is 0 Å². The van der Waals surface area contributed by atoms with Gasteiger partial charge in [-0.15, -0.1) is 0 Å². The number of aromatic nitrogens is 4. The van der Waals surface area contributed by atoms with E-state index in [-0.39, 0.29) is 24.0 Å². The van der Waals surface area contributed by atoms with Gasteiger partial charge in [-0.25, -0.2) is 27.9 Å². The van der Waals surface area contributed by atoms with Crippen LogP contribution in [0, 0.1) is 12.7 Å². The third kappa shape index (κ3) is 4.77. The van der Waals surface area contributed by atoms with E-state index < -0.39 is 41.6 Å². The first-order valence-corrected chi connectivity index (χ1v) is 11.5. The van der Waals surface area contributed by atoms with Crippen LogP contribution in [0.15, 0.2) is 35.1 Å². The molecule has 37 heavy (non-hydrogen) atoms. The first kappa shape index (κ1) is 26.5. The van der Waals surface area contributed by atoms with E-state index in [4.69, 9.17) is 0 Å². The Morgan fingerprint density at radius 2 is 1.84 bits per heavy atom. The summed E-state index contributed by atoms with van der Waals surface area (Å²) in [4.78, 5) is 21.2. The zero-order chi connectivity index (χ0) is 27.3. The normalized spacial score (nSPS) is 12.7. The minimum absolute atomic E-state index is 0.00975. The molecule has 0 radical (unpaired) electrons. The Labute approximate surface area is 208 Å². The highest BCUT2D eigenvalue weighted by Gasteiger charge is 2.48. The maximum atomic E-state index is 15.0. The molecule has 0 saturated carbocycles. The summed E-state index contributed by atoms with van der Waals surface area (Å²) in [5, 5.41) is 13.3. The SMILES string of the molecule is Cc1nc(NCCc2cccc(C(F)(F)C(C)(C)O)c2F)c2cc3c(cc2n1)n(C)c(=O)n3CC(F)F. The Balaban J connectivity index is 1.68. The smallest absolute Gasteiger partial charge is 0.329 e. The summed E-state index contributed by atoms with van der Waals surface area (Å²) in [6.45, 7) is 2.79. The Morgan fingerprint density at radius 3 is 2.49 bits per heavy atom. The van der Waals surface area contributed by atoms with Gasteiger partial charge in [-0.2, -0.15) is 8.78 Å². The lowest BCUT2D eigenvalue weighted by molar-refractivity contribution is -0.170. The molecule has 0 bridgehead atoms. The van der Waals surface area contributed by atoms with E-state index in [1.165, 1.54) is 23.7 Å². The minimum Gasteiger partial charge on any atom is -0.384 e. The van der Waals surface area contributed by atoms with Crippen molar-refractivity contribution in [3.63, 3.8) is 0 Å². The predicted molar refractivity (Wildman–Crippen MR) is 130 cm³/mol. The molecule has 2 aromatic carbocycles. The van der Waals surface area contributed by atoms with Crippen LogP contribution in [0.3, 0.4) is 0 Å². The maximum Gasteiger partial charge on any atom is 0.329 e. The first-order chi connectivity index (χ1) is 17.2. The Hall–Kier alpha value is -3.54. The van der Waals surface area contributed by atoms with Gasteiger partial charge in [0.05, 0.1) is 28.7 Å². The van der Waals surface area contributed by atoms with Crippen LogP contribution in [0.5, 0.6) is 0 Å². The molecule has 2 N–H and O–H groups in total. The molecule has 7 nitrogen and oxygen atoms in total. The Morgan fingerprint density at radius 1 is 1.14 bits per heavy atom. The molecule has 0 amide bonds. The number of imidazole rings is 1. The highest BCUT2D eigenvalue weighted by atomic mass is 19.3. The number of hydrogen-bond acceptors (Lipinski definition) is 5. The summed E-state index contributed by atoms with van der Waals surface area (Å²) in [5.41, 5.74) is -2.77. The van der Waals surface area contributed by atoms with Crippen molar-refractivity contribution in [2.45, 2.75) is 51.7 Å². The molecule has 0 saturated heterocycles. The fourth-order valence-corrected chi connectivity index (χ4v) is 4.25. The van der Waals surface area contributed by atoms with Gasteiger partial charge in [0.1, 0.15) is 23.1 Å². The number of nitrogens with one attached hydrogen (secondary N) is 1. The van der Waals surface area contributed by atoms with Gasteiger partial charge in [0.15, 0.2) is 0 Å². The summed E-state index contributed by atoms with van der Waals surface area (Å²) < 4.78 is 72.6. The molecule has 4 aromatic rings. The summed E-state index contributed by atoms with van der Waals surface area (Å²) in [6.07, 6.45) is -2.73. The monoisotopic (exact) mass is 523 g/mol. The van der Waals surface area contributed by atoms with Crippen molar-refractivity contribution in [2.24, 2.45) is 7.05 Å². The molecule has 2 aromatic heterocycles. The van der Waals surface area contributed by atoms with Gasteiger partial charge in [-0.1, -0.05) is 12.1 Å². The predicted octanol–water partition coefficient (Wildman–Crippen LogP) is 4.51. The van der Waals surface area contributed by atoms with E-state index in [2.05, 4.69) is 15.3 Å². The standard InChI is InChI=1S/C25H26F5N5O2/c1-13-32-17-11-18-19(35(12-20(26)27)23(36)34(18)4)10-15(17)22(33-13)31-9-8-14-6-5-7-16(21(14)28)25(29,30)24(2,3)37/h5-7,10-11,20,37H,8-9,12H2,1-4H3,(H,31,32,33). The number of anilines is 1. The van der Waals surface area contributed by atoms with Crippen LogP contribution in [0.4, 0.5) is 27.8 Å². The van der Waals surface area contributed by atoms with Crippen molar-refractivity contribution in [1.82, 2.24) is 19.1 Å². The molecule has 0 aliphatic heterocycles. The van der Waals surface area contributed by atoms with Crippen LogP contribution in [0.25, 0.3) is 21.9 Å². The molecule has 12 heteroatoms. The lowest BCUT2D eigenvalue weighted by atomic mass is 9.91. The van der Waals surface area contributed by atoms with Gasteiger partial charge in [0.2, 0.25) is 0 Å². The molecule has 0 fully saturated rings. The number of alkyl halides is 4. The van der Waals surface area contributed by atoms with E-state index in [1.807, 2.05) is 0 Å². The van der Waals surface area contributed by atoms with E-state index in [0.29, 0.717) is 28.1 Å². The third-order valence-electron chi connectivity index (χ3n) is 6.27. The van der Waals surface area contributed by atoms with Gasteiger partial charge >= 0.3 is 11.6 Å². The summed E-state index contributed by atoms with van der Waals surface area (Å²) in [7, 11) is 1.48. The maximum absolute atomic E-state index is 15.0. The van der Waals surface area contributed by atoms with E-state index in [0.717, 1.165) is 24.5 Å². The van der Waals surface area contributed by atoms with Gasteiger partial charge in [0.25, 0.3) is 6.43 Å². The fraction of sp³-hybridized carbons (Fsp3) is 0.400. The van der Waals surface area contributed by atoms with Crippen LogP contribution >= 0.6 is 0 Å². The van der Waals surface area contributed by atoms with Gasteiger partial charge < -0.3 is 10.4 Å². The second-order valence-corrected chi connectivity index (χ2v) is 9.41. The fourth-order valence-electron chi connectivity index (χ4n) is 4.25. The highest BCUT2D eigenvalue weighted by Crippen LogP contribution is 2.40. The third-order valence-corrected chi connectivity index (χ3v) is 6.27. The van der Waals surface area contributed by atoms with Crippen molar-refractivity contribution < 1.29 is 27.1 Å². The molecular formula is C25H26F5N5O2. The van der Waals surface area contributed by atoms with E-state index in [9.17, 15) is 31.9 Å². The zero-order valence-electron chi connectivity index (χ0n) is 20.6. The number of halogens is 5. The van der Waals surface area contributed by atoms with Crippen LogP contribution < -0.4 is 11.0 Å². The molecule has 0 unspecified atom stereocenters. The average molecular weight is 524 g/mol. The minimum atomic E-state index is -3.81. The molecular weight excluding hydrogens is 497 g/mol. The van der Waals surface area contributed by atoms with Crippen LogP contribution in [-0.4, -0.2) is 42.8 Å². The van der Waals surface area contributed by atoms with Crippen LogP contribution in [0.2, 0.25) is 0 Å². The first-order valence-electron chi connectivity index (χ1n) is 11.5. The highest BCUT2D eigenvalue weighted by molar-refractivity contribution is 5.98.